The first-order valence-electron chi connectivity index (χ1n) is 8.79. The van der Waals surface area contributed by atoms with Crippen LogP contribution in [-0.2, 0) is 0 Å². The number of benzene rings is 1. The van der Waals surface area contributed by atoms with Gasteiger partial charge in [-0.15, -0.1) is 0 Å². The molecule has 3 aromatic rings. The third-order valence-corrected chi connectivity index (χ3v) is 4.45. The molecule has 0 saturated carbocycles. The number of alkyl halides is 1. The smallest absolute Gasteiger partial charge is 0.217 e. The topological polar surface area (TPSA) is 56.8 Å². The fourth-order valence-corrected chi connectivity index (χ4v) is 3.23. The Morgan fingerprint density at radius 2 is 1.93 bits per heavy atom. The van der Waals surface area contributed by atoms with Gasteiger partial charge in [-0.1, -0.05) is 11.6 Å². The molecule has 2 aromatic heterocycles. The van der Waals surface area contributed by atoms with Crippen molar-refractivity contribution in [3.63, 3.8) is 0 Å². The Morgan fingerprint density at radius 3 is 2.74 bits per heavy atom. The second-order valence-electron chi connectivity index (χ2n) is 5.85. The predicted octanol–water partition coefficient (Wildman–Crippen LogP) is 3.70. The zero-order valence-corrected chi connectivity index (χ0v) is 15.9. The largest absolute Gasteiger partial charge is 0.490 e. The van der Waals surface area contributed by atoms with E-state index < -0.39 is 5.62 Å². The highest BCUT2D eigenvalue weighted by Gasteiger charge is 2.24. The Morgan fingerprint density at radius 1 is 1.11 bits per heavy atom. The average molecular weight is 386 g/mol. The van der Waals surface area contributed by atoms with Crippen LogP contribution in [0.15, 0.2) is 54.0 Å². The van der Waals surface area contributed by atoms with Crippen molar-refractivity contribution in [2.24, 2.45) is 4.99 Å². The molecule has 1 atom stereocenters. The molecule has 3 heterocycles. The highest BCUT2D eigenvalue weighted by atomic mass is 35.5. The first kappa shape index (κ1) is 17.5. The van der Waals surface area contributed by atoms with E-state index in [4.69, 9.17) is 21.1 Å². The Bertz CT molecular complexity index is 965. The first-order valence-corrected chi connectivity index (χ1v) is 9.23. The lowest BCUT2D eigenvalue weighted by Gasteiger charge is -2.29. The molecule has 0 fully saturated rings. The van der Waals surface area contributed by atoms with Gasteiger partial charge in [-0.25, -0.2) is 15.0 Å². The highest BCUT2D eigenvalue weighted by Crippen LogP contribution is 2.31. The molecule has 0 aliphatic carbocycles. The standard InChI is InChI=1S/C19H20ClN5O2/c1-3-26-16-8-7-14(10-17(16)27-4-2)23-12-18(22-13-23)25-19(20)21-11-15-6-5-9-24(15)25/h5-13,19H,3-4H2,1-2H3. The minimum absolute atomic E-state index is 0.562. The van der Waals surface area contributed by atoms with Gasteiger partial charge in [0, 0.05) is 12.3 Å². The van der Waals surface area contributed by atoms with E-state index >= 15 is 0 Å². The minimum atomic E-state index is -0.562. The van der Waals surface area contributed by atoms with Crippen molar-refractivity contribution in [2.75, 3.05) is 18.2 Å². The number of ether oxygens (including phenoxy) is 2. The summed E-state index contributed by atoms with van der Waals surface area (Å²) in [4.78, 5) is 8.83. The number of fused-ring (bicyclic) bond motifs is 1. The maximum Gasteiger partial charge on any atom is 0.217 e. The summed E-state index contributed by atoms with van der Waals surface area (Å²) in [6, 6.07) is 9.72. The van der Waals surface area contributed by atoms with Gasteiger partial charge < -0.3 is 14.0 Å². The Kier molecular flexibility index (Phi) is 4.77. The number of halogens is 1. The number of imidazole rings is 1. The summed E-state index contributed by atoms with van der Waals surface area (Å²) in [5, 5.41) is 1.82. The van der Waals surface area contributed by atoms with Crippen molar-refractivity contribution in [3.8, 4) is 17.2 Å². The lowest BCUT2D eigenvalue weighted by Crippen LogP contribution is -2.39. The van der Waals surface area contributed by atoms with Gasteiger partial charge in [-0.3, -0.25) is 4.68 Å². The molecule has 0 N–H and O–H groups in total. The zero-order chi connectivity index (χ0) is 18.8. The van der Waals surface area contributed by atoms with Gasteiger partial charge in [0.2, 0.25) is 5.62 Å². The number of aliphatic imine (C=N–C) groups is 1. The molecule has 8 heteroatoms. The lowest BCUT2D eigenvalue weighted by atomic mass is 10.2. The van der Waals surface area contributed by atoms with Gasteiger partial charge in [0.1, 0.15) is 6.33 Å². The third kappa shape index (κ3) is 3.26. The van der Waals surface area contributed by atoms with Crippen LogP contribution in [0.2, 0.25) is 0 Å². The maximum atomic E-state index is 6.40. The molecule has 27 heavy (non-hydrogen) atoms. The molecule has 0 radical (unpaired) electrons. The molecule has 0 amide bonds. The zero-order valence-electron chi connectivity index (χ0n) is 15.1. The van der Waals surface area contributed by atoms with Crippen LogP contribution in [0.5, 0.6) is 11.5 Å². The summed E-state index contributed by atoms with van der Waals surface area (Å²) in [5.74, 6) is 2.13. The molecule has 1 unspecified atom stereocenters. The summed E-state index contributed by atoms with van der Waals surface area (Å²) in [5.41, 5.74) is 1.30. The molecular weight excluding hydrogens is 366 g/mol. The molecule has 0 bridgehead atoms. The van der Waals surface area contributed by atoms with Crippen molar-refractivity contribution < 1.29 is 9.47 Å². The van der Waals surface area contributed by atoms with Gasteiger partial charge in [0.15, 0.2) is 17.3 Å². The van der Waals surface area contributed by atoms with E-state index in [9.17, 15) is 0 Å². The minimum Gasteiger partial charge on any atom is -0.490 e. The Labute approximate surface area is 162 Å². The molecule has 4 rings (SSSR count). The number of hydrogen-bond donors (Lipinski definition) is 0. The normalized spacial score (nSPS) is 15.7. The average Bonchev–Trinajstić information content (AvgIpc) is 3.33. The molecule has 1 aliphatic rings. The first-order chi connectivity index (χ1) is 13.2. The molecule has 1 aromatic carbocycles. The van der Waals surface area contributed by atoms with E-state index in [1.165, 1.54) is 0 Å². The summed E-state index contributed by atoms with van der Waals surface area (Å²) < 4.78 is 15.2. The number of anilines is 1. The lowest BCUT2D eigenvalue weighted by molar-refractivity contribution is 0.287. The van der Waals surface area contributed by atoms with Gasteiger partial charge >= 0.3 is 0 Å². The summed E-state index contributed by atoms with van der Waals surface area (Å²) in [6.45, 7) is 5.05. The fraction of sp³-hybridized carbons (Fsp3) is 0.263. The summed E-state index contributed by atoms with van der Waals surface area (Å²) in [6.07, 6.45) is 7.34. The summed E-state index contributed by atoms with van der Waals surface area (Å²) >= 11 is 6.40. The SMILES string of the molecule is CCOc1ccc(-n2cnc(N3C(Cl)N=Cc4cccn43)c2)cc1OCC. The van der Waals surface area contributed by atoms with E-state index in [2.05, 4.69) is 9.98 Å². The van der Waals surface area contributed by atoms with Crippen LogP contribution in [-0.4, -0.2) is 39.3 Å². The number of aromatic nitrogens is 3. The van der Waals surface area contributed by atoms with Gasteiger partial charge in [0.25, 0.3) is 0 Å². The van der Waals surface area contributed by atoms with Crippen molar-refractivity contribution >= 4 is 23.6 Å². The van der Waals surface area contributed by atoms with E-state index in [1.54, 1.807) is 12.5 Å². The van der Waals surface area contributed by atoms with Crippen LogP contribution >= 0.6 is 11.6 Å². The van der Waals surface area contributed by atoms with Crippen LogP contribution in [0.4, 0.5) is 5.82 Å². The fourth-order valence-electron chi connectivity index (χ4n) is 2.98. The van der Waals surface area contributed by atoms with Crippen LogP contribution < -0.4 is 14.5 Å². The molecule has 1 aliphatic heterocycles. The molecule has 0 saturated heterocycles. The molecule has 140 valence electrons. The van der Waals surface area contributed by atoms with E-state index in [0.29, 0.717) is 24.8 Å². The van der Waals surface area contributed by atoms with Crippen LogP contribution in [0.1, 0.15) is 19.5 Å². The van der Waals surface area contributed by atoms with E-state index in [1.807, 2.05) is 70.8 Å². The van der Waals surface area contributed by atoms with Crippen molar-refractivity contribution in [2.45, 2.75) is 19.5 Å². The van der Waals surface area contributed by atoms with Gasteiger partial charge in [-0.2, -0.15) is 0 Å². The maximum absolute atomic E-state index is 6.40. The van der Waals surface area contributed by atoms with E-state index in [-0.39, 0.29) is 0 Å². The van der Waals surface area contributed by atoms with Gasteiger partial charge in [-0.05, 0) is 38.1 Å². The molecule has 7 nitrogen and oxygen atoms in total. The molecule has 0 spiro atoms. The number of nitrogens with zero attached hydrogens (tertiary/aromatic N) is 5. The van der Waals surface area contributed by atoms with Crippen LogP contribution in [0.25, 0.3) is 5.69 Å². The second-order valence-corrected chi connectivity index (χ2v) is 6.24. The van der Waals surface area contributed by atoms with Crippen molar-refractivity contribution in [3.05, 3.63) is 54.7 Å². The van der Waals surface area contributed by atoms with Crippen LogP contribution in [0.3, 0.4) is 0 Å². The third-order valence-electron chi connectivity index (χ3n) is 4.15. The van der Waals surface area contributed by atoms with Crippen molar-refractivity contribution in [1.29, 1.82) is 0 Å². The van der Waals surface area contributed by atoms with Crippen LogP contribution in [0, 0.1) is 0 Å². The monoisotopic (exact) mass is 385 g/mol. The second kappa shape index (κ2) is 7.36. The number of rotatable bonds is 6. The van der Waals surface area contributed by atoms with E-state index in [0.717, 1.165) is 17.1 Å². The van der Waals surface area contributed by atoms with Crippen molar-refractivity contribution in [1.82, 2.24) is 14.2 Å². The van der Waals surface area contributed by atoms with Gasteiger partial charge in [0.05, 0.1) is 37.0 Å². The Hall–Kier alpha value is -2.93. The quantitative estimate of drug-likeness (QED) is 0.479. The Balaban J connectivity index is 1.67. The highest BCUT2D eigenvalue weighted by molar-refractivity contribution is 6.22. The molecular formula is C19H20ClN5O2. The predicted molar refractivity (Wildman–Crippen MR) is 105 cm³/mol. The number of hydrogen-bond acceptors (Lipinski definition) is 5. The summed E-state index contributed by atoms with van der Waals surface area (Å²) in [7, 11) is 0.